The summed E-state index contributed by atoms with van der Waals surface area (Å²) in [7, 11) is 0. The number of rotatable bonds is 2. The fourth-order valence-electron chi connectivity index (χ4n) is 1.78. The van der Waals surface area contributed by atoms with Gasteiger partial charge in [0.2, 0.25) is 0 Å². The predicted molar refractivity (Wildman–Crippen MR) is 70.1 cm³/mol. The molecule has 2 aromatic heterocycles. The second-order valence-corrected chi connectivity index (χ2v) is 4.43. The molecule has 0 spiro atoms. The van der Waals surface area contributed by atoms with Crippen LogP contribution in [0.2, 0.25) is 5.02 Å². The lowest BCUT2D eigenvalue weighted by Crippen LogP contribution is -2.14. The summed E-state index contributed by atoms with van der Waals surface area (Å²) in [5, 5.41) is 3.18. The Morgan fingerprint density at radius 2 is 2.06 bits per heavy atom. The first kappa shape index (κ1) is 12.6. The molecule has 2 rings (SSSR count). The Kier molecular flexibility index (Phi) is 3.39. The normalized spacial score (nSPS) is 10.4. The van der Waals surface area contributed by atoms with E-state index < -0.39 is 0 Å². The molecule has 0 saturated carbocycles. The van der Waals surface area contributed by atoms with Gasteiger partial charge in [-0.2, -0.15) is 0 Å². The highest BCUT2D eigenvalue weighted by Gasteiger charge is 2.19. The lowest BCUT2D eigenvalue weighted by molar-refractivity contribution is 0.102. The standard InChI is InChI=1S/C13H13ClN2O2/c1-7-8(2)18-9(3)12(7)13(17)16-11-6-15-5-4-10(11)14/h4-6H,1-3H3,(H,16,17). The second-order valence-electron chi connectivity index (χ2n) is 4.02. The molecule has 0 radical (unpaired) electrons. The molecule has 94 valence electrons. The van der Waals surface area contributed by atoms with Crippen molar-refractivity contribution in [1.29, 1.82) is 0 Å². The van der Waals surface area contributed by atoms with Gasteiger partial charge in [-0.1, -0.05) is 11.6 Å². The number of nitrogens with one attached hydrogen (secondary N) is 1. The molecule has 2 heterocycles. The molecule has 0 aliphatic heterocycles. The zero-order valence-electron chi connectivity index (χ0n) is 10.4. The van der Waals surface area contributed by atoms with Gasteiger partial charge in [0.1, 0.15) is 11.5 Å². The van der Waals surface area contributed by atoms with E-state index in [4.69, 9.17) is 16.0 Å². The Morgan fingerprint density at radius 1 is 1.33 bits per heavy atom. The first-order valence-electron chi connectivity index (χ1n) is 5.48. The summed E-state index contributed by atoms with van der Waals surface area (Å²) < 4.78 is 5.42. The molecule has 0 bridgehead atoms. The SMILES string of the molecule is Cc1oc(C)c(C(=O)Nc2cnccc2Cl)c1C. The van der Waals surface area contributed by atoms with Crippen molar-refractivity contribution in [2.45, 2.75) is 20.8 Å². The van der Waals surface area contributed by atoms with Gasteiger partial charge in [-0.15, -0.1) is 0 Å². The van der Waals surface area contributed by atoms with E-state index in [2.05, 4.69) is 10.3 Å². The van der Waals surface area contributed by atoms with E-state index in [-0.39, 0.29) is 5.91 Å². The highest BCUT2D eigenvalue weighted by molar-refractivity contribution is 6.33. The van der Waals surface area contributed by atoms with Crippen LogP contribution >= 0.6 is 11.6 Å². The zero-order valence-corrected chi connectivity index (χ0v) is 11.1. The van der Waals surface area contributed by atoms with Crippen LogP contribution in [0.15, 0.2) is 22.9 Å². The van der Waals surface area contributed by atoms with E-state index in [9.17, 15) is 4.79 Å². The summed E-state index contributed by atoms with van der Waals surface area (Å²) in [6.45, 7) is 5.45. The zero-order chi connectivity index (χ0) is 13.3. The highest BCUT2D eigenvalue weighted by atomic mass is 35.5. The summed E-state index contributed by atoms with van der Waals surface area (Å²) in [5.74, 6) is 1.11. The van der Waals surface area contributed by atoms with E-state index in [1.807, 2.05) is 13.8 Å². The summed E-state index contributed by atoms with van der Waals surface area (Å²) in [6, 6.07) is 1.62. The number of amides is 1. The Bertz CT molecular complexity index is 605. The topological polar surface area (TPSA) is 55.1 Å². The third-order valence-electron chi connectivity index (χ3n) is 2.80. The molecular weight excluding hydrogens is 252 g/mol. The molecule has 18 heavy (non-hydrogen) atoms. The minimum atomic E-state index is -0.239. The number of aromatic nitrogens is 1. The van der Waals surface area contributed by atoms with E-state index in [0.29, 0.717) is 22.0 Å². The molecule has 4 nitrogen and oxygen atoms in total. The lowest BCUT2D eigenvalue weighted by atomic mass is 10.1. The number of anilines is 1. The van der Waals surface area contributed by atoms with E-state index >= 15 is 0 Å². The Morgan fingerprint density at radius 3 is 2.61 bits per heavy atom. The minimum Gasteiger partial charge on any atom is -0.466 e. The molecule has 0 fully saturated rings. The van der Waals surface area contributed by atoms with Crippen molar-refractivity contribution in [2.75, 3.05) is 5.32 Å². The number of halogens is 1. The monoisotopic (exact) mass is 264 g/mol. The summed E-state index contributed by atoms with van der Waals surface area (Å²) >= 11 is 5.96. The van der Waals surface area contributed by atoms with Crippen LogP contribution < -0.4 is 5.32 Å². The number of nitrogens with zero attached hydrogens (tertiary/aromatic N) is 1. The van der Waals surface area contributed by atoms with Crippen LogP contribution in [0, 0.1) is 20.8 Å². The van der Waals surface area contributed by atoms with Crippen molar-refractivity contribution < 1.29 is 9.21 Å². The average Bonchev–Trinajstić information content (AvgIpc) is 2.56. The van der Waals surface area contributed by atoms with Gasteiger partial charge in [0.25, 0.3) is 5.91 Å². The molecule has 5 heteroatoms. The third-order valence-corrected chi connectivity index (χ3v) is 3.13. The van der Waals surface area contributed by atoms with E-state index in [1.165, 1.54) is 6.20 Å². The summed E-state index contributed by atoms with van der Waals surface area (Å²) in [6.07, 6.45) is 3.08. The molecule has 0 aliphatic rings. The Hall–Kier alpha value is -1.81. The molecule has 1 N–H and O–H groups in total. The van der Waals surface area contributed by atoms with Gasteiger partial charge in [0, 0.05) is 11.8 Å². The van der Waals surface area contributed by atoms with Gasteiger partial charge >= 0.3 is 0 Å². The summed E-state index contributed by atoms with van der Waals surface area (Å²) in [4.78, 5) is 16.1. The number of aryl methyl sites for hydroxylation is 2. The number of hydrogen-bond donors (Lipinski definition) is 1. The van der Waals surface area contributed by atoms with Gasteiger partial charge in [0.15, 0.2) is 0 Å². The largest absolute Gasteiger partial charge is 0.466 e. The quantitative estimate of drug-likeness (QED) is 0.903. The maximum absolute atomic E-state index is 12.2. The van der Waals surface area contributed by atoms with Crippen molar-refractivity contribution in [1.82, 2.24) is 4.98 Å². The Labute approximate surface area is 110 Å². The van der Waals surface area contributed by atoms with Gasteiger partial charge < -0.3 is 9.73 Å². The molecule has 0 aliphatic carbocycles. The molecule has 2 aromatic rings. The molecule has 0 unspecified atom stereocenters. The average molecular weight is 265 g/mol. The molecule has 0 aromatic carbocycles. The van der Waals surface area contributed by atoms with Crippen LogP contribution in [-0.4, -0.2) is 10.9 Å². The van der Waals surface area contributed by atoms with Crippen molar-refractivity contribution >= 4 is 23.2 Å². The fraction of sp³-hybridized carbons (Fsp3) is 0.231. The van der Waals surface area contributed by atoms with Crippen LogP contribution in [0.1, 0.15) is 27.4 Å². The van der Waals surface area contributed by atoms with Gasteiger partial charge in [-0.3, -0.25) is 9.78 Å². The number of carbonyl (C=O) groups is 1. The third kappa shape index (κ3) is 2.24. The molecule has 0 saturated heterocycles. The summed E-state index contributed by atoms with van der Waals surface area (Å²) in [5.41, 5.74) is 1.87. The lowest BCUT2D eigenvalue weighted by Gasteiger charge is -2.06. The maximum atomic E-state index is 12.2. The van der Waals surface area contributed by atoms with Crippen LogP contribution in [0.3, 0.4) is 0 Å². The Balaban J connectivity index is 2.31. The molecule has 1 amide bonds. The first-order valence-corrected chi connectivity index (χ1v) is 5.86. The van der Waals surface area contributed by atoms with Crippen LogP contribution in [0.4, 0.5) is 5.69 Å². The van der Waals surface area contributed by atoms with Crippen LogP contribution in [0.5, 0.6) is 0 Å². The second kappa shape index (κ2) is 4.82. The maximum Gasteiger partial charge on any atom is 0.259 e. The smallest absolute Gasteiger partial charge is 0.259 e. The van der Waals surface area contributed by atoms with E-state index in [0.717, 1.165) is 11.3 Å². The van der Waals surface area contributed by atoms with Crippen molar-refractivity contribution in [2.24, 2.45) is 0 Å². The van der Waals surface area contributed by atoms with Crippen LogP contribution in [0.25, 0.3) is 0 Å². The number of carbonyl (C=O) groups excluding carboxylic acids is 1. The fourth-order valence-corrected chi connectivity index (χ4v) is 1.93. The number of pyridine rings is 1. The van der Waals surface area contributed by atoms with Gasteiger partial charge in [-0.05, 0) is 26.8 Å². The van der Waals surface area contributed by atoms with Gasteiger partial charge in [0.05, 0.1) is 22.5 Å². The van der Waals surface area contributed by atoms with Gasteiger partial charge in [-0.25, -0.2) is 0 Å². The minimum absolute atomic E-state index is 0.239. The first-order chi connectivity index (χ1) is 8.50. The molecular formula is C13H13ClN2O2. The number of hydrogen-bond acceptors (Lipinski definition) is 3. The van der Waals surface area contributed by atoms with Crippen LogP contribution in [-0.2, 0) is 0 Å². The molecule has 0 atom stereocenters. The number of furan rings is 1. The van der Waals surface area contributed by atoms with Crippen molar-refractivity contribution in [3.63, 3.8) is 0 Å². The van der Waals surface area contributed by atoms with Crippen molar-refractivity contribution in [3.8, 4) is 0 Å². The van der Waals surface area contributed by atoms with Crippen molar-refractivity contribution in [3.05, 3.63) is 46.1 Å². The predicted octanol–water partition coefficient (Wildman–Crippen LogP) is 3.51. The highest BCUT2D eigenvalue weighted by Crippen LogP contribution is 2.24. The van der Waals surface area contributed by atoms with E-state index in [1.54, 1.807) is 19.2 Å².